The summed E-state index contributed by atoms with van der Waals surface area (Å²) in [6, 6.07) is 23.1. The first kappa shape index (κ1) is 19.8. The monoisotopic (exact) mass is 407 g/mol. The fourth-order valence-electron chi connectivity index (χ4n) is 4.03. The van der Waals surface area contributed by atoms with Gasteiger partial charge in [0.15, 0.2) is 6.54 Å². The van der Waals surface area contributed by atoms with Crippen LogP contribution in [-0.2, 0) is 11.3 Å². The zero-order chi connectivity index (χ0) is 19.9. The standard InChI is InChI=1S/C24H27N3OS/c28-23(26-21-12-10-19(11-13-21)18-27-14-4-5-15-27)17-25-24(22-9-6-16-29-22)20-7-2-1-3-8-20/h1-3,6-13,16,24-25H,4-5,14-15,17-18H2,(H,26,28)/p+2/t24-/m1/s1. The van der Waals surface area contributed by atoms with Crippen LogP contribution in [0.25, 0.3) is 0 Å². The van der Waals surface area contributed by atoms with Crippen molar-refractivity contribution in [1.29, 1.82) is 0 Å². The quantitative estimate of drug-likeness (QED) is 0.527. The third-order valence-corrected chi connectivity index (χ3v) is 6.51. The van der Waals surface area contributed by atoms with Gasteiger partial charge in [0.05, 0.1) is 18.0 Å². The SMILES string of the molecule is O=C(C[NH2+][C@H](c1ccccc1)c1cccs1)Nc1ccc(C[NH+]2CCCC2)cc1. The van der Waals surface area contributed by atoms with Crippen LogP contribution in [0.2, 0.25) is 0 Å². The van der Waals surface area contributed by atoms with Crippen LogP contribution < -0.4 is 15.5 Å². The van der Waals surface area contributed by atoms with Crippen molar-refractivity contribution in [3.63, 3.8) is 0 Å². The molecule has 1 fully saturated rings. The second kappa shape index (κ2) is 9.83. The molecule has 1 aromatic heterocycles. The van der Waals surface area contributed by atoms with Gasteiger partial charge in [0.25, 0.3) is 5.91 Å². The first-order valence-electron chi connectivity index (χ1n) is 10.4. The van der Waals surface area contributed by atoms with Gasteiger partial charge in [0, 0.05) is 29.7 Å². The van der Waals surface area contributed by atoms with E-state index in [9.17, 15) is 4.79 Å². The van der Waals surface area contributed by atoms with E-state index in [1.54, 1.807) is 16.2 Å². The van der Waals surface area contributed by atoms with Crippen LogP contribution in [0.5, 0.6) is 0 Å². The Morgan fingerprint density at radius 2 is 1.76 bits per heavy atom. The summed E-state index contributed by atoms with van der Waals surface area (Å²) in [7, 11) is 0. The maximum Gasteiger partial charge on any atom is 0.279 e. The van der Waals surface area contributed by atoms with Gasteiger partial charge in [-0.15, -0.1) is 11.3 Å². The number of amides is 1. The Morgan fingerprint density at radius 1 is 1.00 bits per heavy atom. The fraction of sp³-hybridized carbons (Fsp3) is 0.292. The molecular weight excluding hydrogens is 378 g/mol. The number of carbonyl (C=O) groups is 1. The summed E-state index contributed by atoms with van der Waals surface area (Å²) in [5, 5.41) is 7.24. The largest absolute Gasteiger partial charge is 0.331 e. The third kappa shape index (κ3) is 5.54. The average molecular weight is 408 g/mol. The van der Waals surface area contributed by atoms with Gasteiger partial charge in [-0.05, 0) is 23.6 Å². The highest BCUT2D eigenvalue weighted by Gasteiger charge is 2.20. The van der Waals surface area contributed by atoms with E-state index >= 15 is 0 Å². The normalized spacial score (nSPS) is 15.3. The van der Waals surface area contributed by atoms with Crippen molar-refractivity contribution in [2.45, 2.75) is 25.4 Å². The second-order valence-electron chi connectivity index (χ2n) is 7.72. The van der Waals surface area contributed by atoms with Gasteiger partial charge in [-0.1, -0.05) is 48.5 Å². The molecule has 0 saturated carbocycles. The molecule has 1 saturated heterocycles. The van der Waals surface area contributed by atoms with Crippen LogP contribution in [-0.4, -0.2) is 25.5 Å². The molecule has 2 heterocycles. The molecule has 29 heavy (non-hydrogen) atoms. The molecule has 0 bridgehead atoms. The number of nitrogens with two attached hydrogens (primary N) is 1. The second-order valence-corrected chi connectivity index (χ2v) is 8.70. The van der Waals surface area contributed by atoms with Gasteiger partial charge in [0.2, 0.25) is 0 Å². The number of likely N-dealkylation sites (tertiary alicyclic amines) is 1. The van der Waals surface area contributed by atoms with Crippen molar-refractivity contribution in [3.05, 3.63) is 88.1 Å². The number of carbonyl (C=O) groups excluding carboxylic acids is 1. The lowest BCUT2D eigenvalue weighted by atomic mass is 10.1. The van der Waals surface area contributed by atoms with E-state index in [4.69, 9.17) is 0 Å². The minimum Gasteiger partial charge on any atom is -0.331 e. The van der Waals surface area contributed by atoms with Crippen molar-refractivity contribution in [2.24, 2.45) is 0 Å². The molecule has 0 aliphatic carbocycles. The fourth-order valence-corrected chi connectivity index (χ4v) is 4.88. The van der Waals surface area contributed by atoms with Crippen molar-refractivity contribution in [2.75, 3.05) is 25.0 Å². The lowest BCUT2D eigenvalue weighted by molar-refractivity contribution is -0.901. The summed E-state index contributed by atoms with van der Waals surface area (Å²) < 4.78 is 0. The molecule has 3 aromatic rings. The van der Waals surface area contributed by atoms with E-state index in [1.165, 1.54) is 41.9 Å². The predicted octanol–water partition coefficient (Wildman–Crippen LogP) is 2.22. The van der Waals surface area contributed by atoms with Gasteiger partial charge >= 0.3 is 0 Å². The van der Waals surface area contributed by atoms with Gasteiger partial charge in [-0.2, -0.15) is 0 Å². The molecule has 4 nitrogen and oxygen atoms in total. The van der Waals surface area contributed by atoms with Gasteiger partial charge < -0.3 is 15.5 Å². The van der Waals surface area contributed by atoms with Crippen LogP contribution in [0, 0.1) is 0 Å². The number of nitrogens with one attached hydrogen (secondary N) is 2. The van der Waals surface area contributed by atoms with E-state index < -0.39 is 0 Å². The van der Waals surface area contributed by atoms with Crippen LogP contribution in [0.3, 0.4) is 0 Å². The minimum absolute atomic E-state index is 0.0282. The maximum atomic E-state index is 12.5. The molecule has 1 amide bonds. The highest BCUT2D eigenvalue weighted by Crippen LogP contribution is 2.22. The summed E-state index contributed by atoms with van der Waals surface area (Å²) in [5.41, 5.74) is 3.43. The van der Waals surface area contributed by atoms with Gasteiger partial charge in [-0.3, -0.25) is 4.79 Å². The minimum atomic E-state index is 0.0282. The van der Waals surface area contributed by atoms with E-state index in [1.807, 2.05) is 18.2 Å². The first-order chi connectivity index (χ1) is 14.3. The Morgan fingerprint density at radius 3 is 2.45 bits per heavy atom. The van der Waals surface area contributed by atoms with E-state index in [2.05, 4.69) is 64.5 Å². The van der Waals surface area contributed by atoms with Gasteiger partial charge in [-0.25, -0.2) is 0 Å². The van der Waals surface area contributed by atoms with Crippen molar-refractivity contribution >= 4 is 22.9 Å². The third-order valence-electron chi connectivity index (χ3n) is 5.55. The Kier molecular flexibility index (Phi) is 6.72. The lowest BCUT2D eigenvalue weighted by Crippen LogP contribution is -3.08. The molecule has 0 unspecified atom stereocenters. The molecule has 1 aliphatic heterocycles. The number of rotatable bonds is 8. The zero-order valence-corrected chi connectivity index (χ0v) is 17.5. The molecule has 2 aromatic carbocycles. The predicted molar refractivity (Wildman–Crippen MR) is 118 cm³/mol. The van der Waals surface area contributed by atoms with Crippen LogP contribution in [0.4, 0.5) is 5.69 Å². The zero-order valence-electron chi connectivity index (χ0n) is 16.6. The van der Waals surface area contributed by atoms with Crippen molar-refractivity contribution in [1.82, 2.24) is 0 Å². The van der Waals surface area contributed by atoms with Crippen molar-refractivity contribution < 1.29 is 15.0 Å². The summed E-state index contributed by atoms with van der Waals surface area (Å²) >= 11 is 1.73. The number of thiophene rings is 1. The summed E-state index contributed by atoms with van der Waals surface area (Å²) in [6.45, 7) is 4.03. The number of benzene rings is 2. The van der Waals surface area contributed by atoms with E-state index in [0.717, 1.165) is 12.2 Å². The van der Waals surface area contributed by atoms with Gasteiger partial charge in [0.1, 0.15) is 12.6 Å². The molecule has 0 spiro atoms. The van der Waals surface area contributed by atoms with Crippen molar-refractivity contribution in [3.8, 4) is 0 Å². The summed E-state index contributed by atoms with van der Waals surface area (Å²) in [5.74, 6) is 0.0282. The van der Waals surface area contributed by atoms with Crippen LogP contribution in [0.1, 0.15) is 34.9 Å². The summed E-state index contributed by atoms with van der Waals surface area (Å²) in [6.07, 6.45) is 2.69. The highest BCUT2D eigenvalue weighted by atomic mass is 32.1. The Labute approximate surface area is 176 Å². The highest BCUT2D eigenvalue weighted by molar-refractivity contribution is 7.10. The van der Waals surface area contributed by atoms with E-state index in [0.29, 0.717) is 6.54 Å². The smallest absolute Gasteiger partial charge is 0.279 e. The van der Waals surface area contributed by atoms with E-state index in [-0.39, 0.29) is 11.9 Å². The molecule has 0 radical (unpaired) electrons. The first-order valence-corrected chi connectivity index (χ1v) is 11.3. The lowest BCUT2D eigenvalue weighted by Gasteiger charge is -2.15. The molecule has 5 heteroatoms. The number of quaternary nitrogens is 2. The molecule has 150 valence electrons. The van der Waals surface area contributed by atoms with Crippen LogP contribution in [0.15, 0.2) is 72.1 Å². The molecular formula is C24H29N3OS+2. The Hall–Kier alpha value is -2.47. The average Bonchev–Trinajstić information content (AvgIpc) is 3.45. The topological polar surface area (TPSA) is 50.1 Å². The molecule has 4 rings (SSSR count). The number of anilines is 1. The Bertz CT molecular complexity index is 888. The summed E-state index contributed by atoms with van der Waals surface area (Å²) in [4.78, 5) is 15.5. The van der Waals surface area contributed by atoms with Crippen LogP contribution >= 0.6 is 11.3 Å². The maximum absolute atomic E-state index is 12.5. The number of hydrogen-bond acceptors (Lipinski definition) is 2. The molecule has 1 atom stereocenters. The Balaban J connectivity index is 1.32. The molecule has 4 N–H and O–H groups in total. The number of hydrogen-bond donors (Lipinski definition) is 3. The molecule has 1 aliphatic rings.